The van der Waals surface area contributed by atoms with Crippen molar-refractivity contribution >= 4 is 11.9 Å². The highest BCUT2D eigenvalue weighted by atomic mass is 16.5. The van der Waals surface area contributed by atoms with Gasteiger partial charge >= 0.3 is 5.97 Å². The van der Waals surface area contributed by atoms with Crippen molar-refractivity contribution in [3.8, 4) is 0 Å². The first kappa shape index (κ1) is 71.6. The van der Waals surface area contributed by atoms with E-state index >= 15 is 0 Å². The number of unbranched alkanes of at least 4 members (excludes halogenated alkanes) is 41. The van der Waals surface area contributed by atoms with Crippen molar-refractivity contribution in [1.82, 2.24) is 5.32 Å². The molecule has 6 heteroatoms. The molecular formula is C68H125NO5. The SMILES string of the molecule is CCCCC/C=C\C/C=C\CCCCCCCC(=O)OCCCCCCCCCCC/C=C\C/C=C\CCCCCCCCCCCCCC(=O)NC(CO)C(O)/C=C/CCCCCCCCCCCCCCC. The fourth-order valence-corrected chi connectivity index (χ4v) is 9.75. The Kier molecular flexibility index (Phi) is 61.0. The van der Waals surface area contributed by atoms with E-state index in [4.69, 9.17) is 4.74 Å². The van der Waals surface area contributed by atoms with Gasteiger partial charge in [-0.3, -0.25) is 9.59 Å². The minimum Gasteiger partial charge on any atom is -0.466 e. The van der Waals surface area contributed by atoms with Gasteiger partial charge in [-0.25, -0.2) is 0 Å². The molecule has 2 unspecified atom stereocenters. The minimum absolute atomic E-state index is 0.00425. The summed E-state index contributed by atoms with van der Waals surface area (Å²) in [7, 11) is 0. The molecule has 0 rings (SSSR count). The average molecular weight is 1040 g/mol. The zero-order valence-corrected chi connectivity index (χ0v) is 49.3. The van der Waals surface area contributed by atoms with Crippen molar-refractivity contribution < 1.29 is 24.5 Å². The molecule has 0 aromatic rings. The summed E-state index contributed by atoms with van der Waals surface area (Å²) in [5.41, 5.74) is 0. The lowest BCUT2D eigenvalue weighted by molar-refractivity contribution is -0.143. The summed E-state index contributed by atoms with van der Waals surface area (Å²) in [6.07, 6.45) is 82.7. The number of hydrogen-bond acceptors (Lipinski definition) is 5. The van der Waals surface area contributed by atoms with Crippen LogP contribution in [0.2, 0.25) is 0 Å². The predicted molar refractivity (Wildman–Crippen MR) is 324 cm³/mol. The molecule has 6 nitrogen and oxygen atoms in total. The molecule has 0 saturated carbocycles. The quantitative estimate of drug-likeness (QED) is 0.0320. The molecule has 3 N–H and O–H groups in total. The summed E-state index contributed by atoms with van der Waals surface area (Å²) in [6, 6.07) is -0.631. The van der Waals surface area contributed by atoms with Gasteiger partial charge in [0.1, 0.15) is 0 Å². The number of carbonyl (C=O) groups excluding carboxylic acids is 2. The van der Waals surface area contributed by atoms with Crippen LogP contribution in [0.3, 0.4) is 0 Å². The van der Waals surface area contributed by atoms with Crippen molar-refractivity contribution in [2.75, 3.05) is 13.2 Å². The highest BCUT2D eigenvalue weighted by Crippen LogP contribution is 2.17. The zero-order chi connectivity index (χ0) is 53.6. The molecule has 0 saturated heterocycles. The summed E-state index contributed by atoms with van der Waals surface area (Å²) in [6.45, 7) is 4.87. The van der Waals surface area contributed by atoms with E-state index in [1.807, 2.05) is 6.08 Å². The molecule has 0 aromatic heterocycles. The maximum atomic E-state index is 12.5. The second-order valence-corrected chi connectivity index (χ2v) is 22.1. The highest BCUT2D eigenvalue weighted by Gasteiger charge is 2.18. The molecule has 0 aromatic carbocycles. The van der Waals surface area contributed by atoms with E-state index in [9.17, 15) is 19.8 Å². The van der Waals surface area contributed by atoms with E-state index in [-0.39, 0.29) is 18.5 Å². The van der Waals surface area contributed by atoms with Gasteiger partial charge in [-0.05, 0) is 96.3 Å². The van der Waals surface area contributed by atoms with Gasteiger partial charge in [-0.15, -0.1) is 0 Å². The monoisotopic (exact) mass is 1040 g/mol. The Balaban J connectivity index is 3.45. The standard InChI is InChI=1S/C68H125NO5/c1-3-5-7-9-11-13-15-17-32-36-40-44-48-52-56-60-66(71)65(64-70)69-67(72)61-57-53-49-45-41-37-34-30-28-26-24-22-20-19-21-23-25-27-29-31-35-39-43-47-51-55-59-63-74-68(73)62-58-54-50-46-42-38-33-18-16-14-12-10-8-6-4-2/h12,14,18-20,23,25,33,56,60,65-66,70-71H,3-11,13,15-17,21-22,24,26-32,34-55,57-59,61-64H2,1-2H3,(H,69,72)/b14-12-,20-19-,25-23-,33-18-,60-56+. The first-order chi connectivity index (χ1) is 36.5. The number of esters is 1. The third-order valence-corrected chi connectivity index (χ3v) is 14.8. The minimum atomic E-state index is -0.847. The van der Waals surface area contributed by atoms with E-state index in [0.29, 0.717) is 19.4 Å². The van der Waals surface area contributed by atoms with Gasteiger partial charge < -0.3 is 20.3 Å². The molecule has 0 bridgehead atoms. The number of carbonyl (C=O) groups is 2. The third-order valence-electron chi connectivity index (χ3n) is 14.8. The maximum Gasteiger partial charge on any atom is 0.305 e. The third kappa shape index (κ3) is 58.8. The van der Waals surface area contributed by atoms with Crippen molar-refractivity contribution in [3.63, 3.8) is 0 Å². The van der Waals surface area contributed by atoms with E-state index < -0.39 is 12.1 Å². The second-order valence-electron chi connectivity index (χ2n) is 22.1. The Labute approximate surface area is 460 Å². The molecule has 0 radical (unpaired) electrons. The fourth-order valence-electron chi connectivity index (χ4n) is 9.75. The van der Waals surface area contributed by atoms with Gasteiger partial charge in [0.25, 0.3) is 0 Å². The largest absolute Gasteiger partial charge is 0.466 e. The molecule has 0 fully saturated rings. The normalized spacial score (nSPS) is 13.0. The van der Waals surface area contributed by atoms with Crippen molar-refractivity contribution in [3.05, 3.63) is 60.8 Å². The Morgan fingerprint density at radius 3 is 1.05 bits per heavy atom. The van der Waals surface area contributed by atoms with Gasteiger partial charge in [-0.1, -0.05) is 286 Å². The average Bonchev–Trinajstić information content (AvgIpc) is 3.40. The van der Waals surface area contributed by atoms with Gasteiger partial charge in [0.15, 0.2) is 0 Å². The molecule has 432 valence electrons. The smallest absolute Gasteiger partial charge is 0.305 e. The number of ether oxygens (including phenoxy) is 1. The van der Waals surface area contributed by atoms with Crippen molar-refractivity contribution in [2.45, 2.75) is 347 Å². The van der Waals surface area contributed by atoms with E-state index in [0.717, 1.165) is 57.8 Å². The molecule has 0 aliphatic heterocycles. The van der Waals surface area contributed by atoms with Gasteiger partial charge in [0.05, 0.1) is 25.4 Å². The van der Waals surface area contributed by atoms with E-state index in [1.54, 1.807) is 6.08 Å². The summed E-state index contributed by atoms with van der Waals surface area (Å²) < 4.78 is 5.47. The lowest BCUT2D eigenvalue weighted by atomic mass is 10.0. The van der Waals surface area contributed by atoms with Crippen LogP contribution < -0.4 is 5.32 Å². The summed E-state index contributed by atoms with van der Waals surface area (Å²) in [4.78, 5) is 24.5. The number of rotatable bonds is 60. The summed E-state index contributed by atoms with van der Waals surface area (Å²) >= 11 is 0. The van der Waals surface area contributed by atoms with Crippen LogP contribution in [0.4, 0.5) is 0 Å². The first-order valence-electron chi connectivity index (χ1n) is 32.6. The first-order valence-corrected chi connectivity index (χ1v) is 32.6. The number of allylic oxidation sites excluding steroid dienone is 9. The van der Waals surface area contributed by atoms with Crippen LogP contribution in [-0.4, -0.2) is 47.4 Å². The summed E-state index contributed by atoms with van der Waals surface area (Å²) in [5, 5.41) is 23.1. The molecule has 0 spiro atoms. The van der Waals surface area contributed by atoms with Crippen LogP contribution in [0.1, 0.15) is 335 Å². The topological polar surface area (TPSA) is 95.9 Å². The number of aliphatic hydroxyl groups excluding tert-OH is 2. The van der Waals surface area contributed by atoms with Crippen LogP contribution in [-0.2, 0) is 14.3 Å². The molecular weight excluding hydrogens is 911 g/mol. The lowest BCUT2D eigenvalue weighted by Gasteiger charge is -2.20. The van der Waals surface area contributed by atoms with Crippen LogP contribution >= 0.6 is 0 Å². The number of aliphatic hydroxyl groups is 2. The zero-order valence-electron chi connectivity index (χ0n) is 49.3. The lowest BCUT2D eigenvalue weighted by Crippen LogP contribution is -2.45. The summed E-state index contributed by atoms with van der Waals surface area (Å²) in [5.74, 6) is -0.0750. The number of hydrogen-bond donors (Lipinski definition) is 3. The molecule has 2 atom stereocenters. The van der Waals surface area contributed by atoms with Gasteiger partial charge in [0.2, 0.25) is 5.91 Å². The van der Waals surface area contributed by atoms with E-state index in [1.165, 1.54) is 250 Å². The van der Waals surface area contributed by atoms with Crippen LogP contribution in [0.5, 0.6) is 0 Å². The molecule has 1 amide bonds. The van der Waals surface area contributed by atoms with Crippen LogP contribution in [0.15, 0.2) is 60.8 Å². The van der Waals surface area contributed by atoms with Gasteiger partial charge in [0, 0.05) is 12.8 Å². The molecule has 74 heavy (non-hydrogen) atoms. The fraction of sp³-hybridized carbons (Fsp3) is 0.824. The second kappa shape index (κ2) is 63.1. The molecule has 0 aliphatic carbocycles. The maximum absolute atomic E-state index is 12.5. The van der Waals surface area contributed by atoms with Crippen molar-refractivity contribution in [2.24, 2.45) is 0 Å². The number of amides is 1. The highest BCUT2D eigenvalue weighted by molar-refractivity contribution is 5.76. The number of nitrogens with one attached hydrogen (secondary N) is 1. The predicted octanol–water partition coefficient (Wildman–Crippen LogP) is 20.7. The Hall–Kier alpha value is -2.44. The molecule has 0 aliphatic rings. The van der Waals surface area contributed by atoms with E-state index in [2.05, 4.69) is 67.8 Å². The van der Waals surface area contributed by atoms with Crippen molar-refractivity contribution in [1.29, 1.82) is 0 Å². The Morgan fingerprint density at radius 1 is 0.378 bits per heavy atom. The van der Waals surface area contributed by atoms with Crippen LogP contribution in [0, 0.1) is 0 Å². The Bertz CT molecular complexity index is 1290. The van der Waals surface area contributed by atoms with Gasteiger partial charge in [-0.2, -0.15) is 0 Å². The molecule has 0 heterocycles. The van der Waals surface area contributed by atoms with Crippen LogP contribution in [0.25, 0.3) is 0 Å². The Morgan fingerprint density at radius 2 is 0.676 bits per heavy atom.